The van der Waals surface area contributed by atoms with Crippen molar-refractivity contribution in [3.05, 3.63) is 29.8 Å². The first-order chi connectivity index (χ1) is 17.3. The molecule has 0 aromatic heterocycles. The van der Waals surface area contributed by atoms with E-state index in [1.165, 1.54) is 13.2 Å². The van der Waals surface area contributed by atoms with Gasteiger partial charge in [-0.3, -0.25) is 0 Å². The highest BCUT2D eigenvalue weighted by Crippen LogP contribution is 2.35. The van der Waals surface area contributed by atoms with Gasteiger partial charge in [-0.15, -0.1) is 0 Å². The Bertz CT molecular complexity index is 925. The molecule has 0 spiro atoms. The fourth-order valence-electron chi connectivity index (χ4n) is 3.95. The van der Waals surface area contributed by atoms with E-state index in [-0.39, 0.29) is 12.9 Å². The molecule has 0 unspecified atom stereocenters. The number of hydrogen-bond donors (Lipinski definition) is 0. The molecule has 0 bridgehead atoms. The molecule has 0 aliphatic carbocycles. The van der Waals surface area contributed by atoms with E-state index < -0.39 is 19.6 Å². The molecule has 1 heterocycles. The van der Waals surface area contributed by atoms with Gasteiger partial charge < -0.3 is 28.6 Å². The Morgan fingerprint density at radius 3 is 2.32 bits per heavy atom. The van der Waals surface area contributed by atoms with Crippen molar-refractivity contribution in [3.63, 3.8) is 0 Å². The zero-order valence-corrected chi connectivity index (χ0v) is 24.8. The number of methoxy groups -OCH3 is 2. The summed E-state index contributed by atoms with van der Waals surface area (Å²) in [6.07, 6.45) is 3.59. The quantitative estimate of drug-likeness (QED) is 0.113. The molecule has 0 radical (unpaired) electrons. The molecule has 1 amide bonds. The van der Waals surface area contributed by atoms with Crippen LogP contribution in [0.3, 0.4) is 0 Å². The van der Waals surface area contributed by atoms with Gasteiger partial charge >= 0.3 is 12.1 Å². The van der Waals surface area contributed by atoms with Crippen LogP contribution >= 0.6 is 0 Å². The van der Waals surface area contributed by atoms with Crippen LogP contribution in [-0.4, -0.2) is 71.3 Å². The predicted molar refractivity (Wildman–Crippen MR) is 148 cm³/mol. The molecule has 208 valence electrons. The Kier molecular flexibility index (Phi) is 11.5. The number of esters is 1. The van der Waals surface area contributed by atoms with Crippen LogP contribution in [0.2, 0.25) is 25.7 Å². The Balaban J connectivity index is 2.05. The number of carbonyl (C=O) groups excluding carboxylic acids is 2. The second kappa shape index (κ2) is 13.9. The zero-order valence-electron chi connectivity index (χ0n) is 23.8. The molecule has 1 aliphatic heterocycles. The van der Waals surface area contributed by atoms with E-state index >= 15 is 0 Å². The molecule has 8 nitrogen and oxygen atoms in total. The first-order valence-electron chi connectivity index (χ1n) is 13.0. The van der Waals surface area contributed by atoms with Gasteiger partial charge in [0.1, 0.15) is 5.60 Å². The summed E-state index contributed by atoms with van der Waals surface area (Å²) in [5.41, 5.74) is 1.21. The Morgan fingerprint density at radius 2 is 1.76 bits per heavy atom. The maximum atomic E-state index is 12.4. The molecule has 1 aromatic carbocycles. The molecular formula is C28H45NO7Si. The molecule has 0 saturated carbocycles. The molecular weight excluding hydrogens is 490 g/mol. The average molecular weight is 536 g/mol. The van der Waals surface area contributed by atoms with E-state index in [0.717, 1.165) is 30.0 Å². The fourth-order valence-corrected chi connectivity index (χ4v) is 4.70. The van der Waals surface area contributed by atoms with Gasteiger partial charge in [0.2, 0.25) is 0 Å². The van der Waals surface area contributed by atoms with Gasteiger partial charge in [0.25, 0.3) is 0 Å². The Labute approximate surface area is 223 Å². The highest BCUT2D eigenvalue weighted by molar-refractivity contribution is 6.76. The van der Waals surface area contributed by atoms with Crippen molar-refractivity contribution in [1.82, 2.24) is 4.90 Å². The number of ether oxygens (including phenoxy) is 5. The summed E-state index contributed by atoms with van der Waals surface area (Å²) in [5, 5.41) is 0. The largest absolute Gasteiger partial charge is 0.493 e. The van der Waals surface area contributed by atoms with Crippen molar-refractivity contribution in [2.45, 2.75) is 71.3 Å². The lowest BCUT2D eigenvalue weighted by atomic mass is 9.87. The van der Waals surface area contributed by atoms with Crippen LogP contribution in [0.25, 0.3) is 5.57 Å². The van der Waals surface area contributed by atoms with E-state index in [1.807, 2.05) is 39.0 Å². The molecule has 0 N–H and O–H groups in total. The predicted octanol–water partition coefficient (Wildman–Crippen LogP) is 5.98. The molecule has 9 heteroatoms. The van der Waals surface area contributed by atoms with E-state index in [0.29, 0.717) is 43.5 Å². The summed E-state index contributed by atoms with van der Waals surface area (Å²) < 4.78 is 27.5. The summed E-state index contributed by atoms with van der Waals surface area (Å²) in [6, 6.07) is 6.71. The van der Waals surface area contributed by atoms with Crippen molar-refractivity contribution in [3.8, 4) is 11.5 Å². The number of amides is 1. The monoisotopic (exact) mass is 535 g/mol. The number of nitrogens with zero attached hydrogens (tertiary/aromatic N) is 1. The zero-order chi connectivity index (χ0) is 27.6. The number of carbonyl (C=O) groups is 2. The van der Waals surface area contributed by atoms with Gasteiger partial charge in [0.05, 0.1) is 14.2 Å². The summed E-state index contributed by atoms with van der Waals surface area (Å²) in [7, 11) is 1.81. The van der Waals surface area contributed by atoms with Crippen LogP contribution in [0.1, 0.15) is 45.6 Å². The molecule has 0 atom stereocenters. The minimum absolute atomic E-state index is 0.154. The standard InChI is InChI=1S/C28H45NO7Si/c1-28(2,3)36-27(31)29-13-11-21(12-14-29)17-23(19-26(30)33-5)22-9-10-24(25(18-22)32-4)35-20-34-15-16-37(6,7)8/h9-10,18-19,21H,11-17,20H2,1-8H3. The first-order valence-corrected chi connectivity index (χ1v) is 16.7. The van der Waals surface area contributed by atoms with Crippen molar-refractivity contribution in [2.24, 2.45) is 5.92 Å². The van der Waals surface area contributed by atoms with Crippen molar-refractivity contribution < 1.29 is 33.3 Å². The Morgan fingerprint density at radius 1 is 1.08 bits per heavy atom. The normalized spacial score (nSPS) is 15.4. The van der Waals surface area contributed by atoms with Gasteiger partial charge in [-0.2, -0.15) is 0 Å². The lowest BCUT2D eigenvalue weighted by Crippen LogP contribution is -2.41. The molecule has 1 aromatic rings. The van der Waals surface area contributed by atoms with Crippen LogP contribution in [-0.2, 0) is 19.0 Å². The third-order valence-electron chi connectivity index (χ3n) is 6.10. The summed E-state index contributed by atoms with van der Waals surface area (Å²) >= 11 is 0. The lowest BCUT2D eigenvalue weighted by molar-refractivity contribution is -0.134. The van der Waals surface area contributed by atoms with Gasteiger partial charge in [-0.25, -0.2) is 9.59 Å². The van der Waals surface area contributed by atoms with E-state index in [1.54, 1.807) is 12.0 Å². The third-order valence-corrected chi connectivity index (χ3v) is 7.80. The summed E-state index contributed by atoms with van der Waals surface area (Å²) in [4.78, 5) is 26.3. The van der Waals surface area contributed by atoms with Crippen LogP contribution < -0.4 is 9.47 Å². The van der Waals surface area contributed by atoms with Gasteiger partial charge in [0, 0.05) is 33.8 Å². The van der Waals surface area contributed by atoms with Gasteiger partial charge in [-0.1, -0.05) is 25.7 Å². The molecule has 2 rings (SSSR count). The van der Waals surface area contributed by atoms with Crippen molar-refractivity contribution in [2.75, 3.05) is 40.7 Å². The Hall–Kier alpha value is -2.52. The van der Waals surface area contributed by atoms with Gasteiger partial charge in [-0.05, 0) is 75.3 Å². The molecule has 1 saturated heterocycles. The second-order valence-electron chi connectivity index (χ2n) is 11.7. The minimum atomic E-state index is -1.15. The highest BCUT2D eigenvalue weighted by atomic mass is 28.3. The van der Waals surface area contributed by atoms with E-state index in [4.69, 9.17) is 23.7 Å². The first kappa shape index (κ1) is 30.7. The minimum Gasteiger partial charge on any atom is -0.493 e. The number of hydrogen-bond acceptors (Lipinski definition) is 7. The van der Waals surface area contributed by atoms with Crippen molar-refractivity contribution in [1.29, 1.82) is 0 Å². The second-order valence-corrected chi connectivity index (χ2v) is 17.3. The van der Waals surface area contributed by atoms with Crippen molar-refractivity contribution >= 4 is 25.7 Å². The lowest BCUT2D eigenvalue weighted by Gasteiger charge is -2.33. The van der Waals surface area contributed by atoms with Crippen LogP contribution in [0.15, 0.2) is 24.3 Å². The third kappa shape index (κ3) is 11.2. The maximum Gasteiger partial charge on any atom is 0.410 e. The van der Waals surface area contributed by atoms with Crippen LogP contribution in [0.4, 0.5) is 4.79 Å². The fraction of sp³-hybridized carbons (Fsp3) is 0.643. The summed E-state index contributed by atoms with van der Waals surface area (Å²) in [6.45, 7) is 14.6. The maximum absolute atomic E-state index is 12.4. The number of piperidine rings is 1. The number of rotatable bonds is 11. The van der Waals surface area contributed by atoms with Gasteiger partial charge in [0.15, 0.2) is 18.3 Å². The summed E-state index contributed by atoms with van der Waals surface area (Å²) in [5.74, 6) is 1.07. The molecule has 1 fully saturated rings. The number of benzene rings is 1. The smallest absolute Gasteiger partial charge is 0.410 e. The number of likely N-dealkylation sites (tertiary alicyclic amines) is 1. The topological polar surface area (TPSA) is 83.5 Å². The van der Waals surface area contributed by atoms with Crippen LogP contribution in [0, 0.1) is 5.92 Å². The van der Waals surface area contributed by atoms with E-state index in [2.05, 4.69) is 19.6 Å². The van der Waals surface area contributed by atoms with E-state index in [9.17, 15) is 9.59 Å². The highest BCUT2D eigenvalue weighted by Gasteiger charge is 2.27. The number of allylic oxidation sites excluding steroid dienone is 1. The van der Waals surface area contributed by atoms with Crippen LogP contribution in [0.5, 0.6) is 11.5 Å². The molecule has 1 aliphatic rings. The SMILES string of the molecule is COC(=O)C=C(CC1CCN(C(=O)OC(C)(C)C)CC1)c1ccc(OCOCC[Si](C)(C)C)c(OC)c1. The average Bonchev–Trinajstić information content (AvgIpc) is 2.82. The molecule has 37 heavy (non-hydrogen) atoms.